The molecule has 0 aliphatic carbocycles. The van der Waals surface area contributed by atoms with E-state index >= 15 is 0 Å². The quantitative estimate of drug-likeness (QED) is 0.737. The molecule has 0 bridgehead atoms. The number of para-hydroxylation sites is 2. The van der Waals surface area contributed by atoms with Gasteiger partial charge >= 0.3 is 0 Å². The molecule has 2 heterocycles. The van der Waals surface area contributed by atoms with Crippen molar-refractivity contribution in [2.45, 2.75) is 12.5 Å². The summed E-state index contributed by atoms with van der Waals surface area (Å²) in [5, 5.41) is 6.02. The fourth-order valence-electron chi connectivity index (χ4n) is 2.79. The predicted octanol–water partition coefficient (Wildman–Crippen LogP) is 1.70. The van der Waals surface area contributed by atoms with Crippen LogP contribution in [0.4, 0.5) is 5.82 Å². The number of nitrogens with one attached hydrogen (secondary N) is 2. The van der Waals surface area contributed by atoms with Crippen molar-refractivity contribution in [3.05, 3.63) is 48.2 Å². The van der Waals surface area contributed by atoms with Gasteiger partial charge in [-0.25, -0.2) is 4.98 Å². The summed E-state index contributed by atoms with van der Waals surface area (Å²) in [5.74, 6) is 2.23. The lowest BCUT2D eigenvalue weighted by atomic mass is 10.2. The number of carbonyl (C=O) groups is 1. The van der Waals surface area contributed by atoms with Gasteiger partial charge in [0.05, 0.1) is 5.56 Å². The van der Waals surface area contributed by atoms with Crippen LogP contribution in [-0.4, -0.2) is 57.3 Å². The molecule has 144 valence electrons. The van der Waals surface area contributed by atoms with Gasteiger partial charge in [-0.15, -0.1) is 0 Å². The predicted molar refractivity (Wildman–Crippen MR) is 105 cm³/mol. The molecule has 2 N–H and O–H groups in total. The molecule has 1 aliphatic heterocycles. The van der Waals surface area contributed by atoms with Crippen LogP contribution >= 0.6 is 0 Å². The van der Waals surface area contributed by atoms with Crippen LogP contribution in [0, 0.1) is 0 Å². The van der Waals surface area contributed by atoms with E-state index in [9.17, 15) is 4.79 Å². The van der Waals surface area contributed by atoms with Crippen molar-refractivity contribution >= 4 is 11.7 Å². The third-order valence-corrected chi connectivity index (χ3v) is 4.42. The van der Waals surface area contributed by atoms with Crippen LogP contribution in [0.3, 0.4) is 0 Å². The zero-order valence-electron chi connectivity index (χ0n) is 15.8. The molecule has 2 aromatic rings. The Morgan fingerprint density at radius 1 is 1.22 bits per heavy atom. The first-order chi connectivity index (χ1) is 13.2. The van der Waals surface area contributed by atoms with E-state index in [4.69, 9.17) is 9.47 Å². The van der Waals surface area contributed by atoms with Gasteiger partial charge in [0, 0.05) is 39.3 Å². The number of rotatable bonds is 8. The molecule has 1 aliphatic rings. The first-order valence-corrected chi connectivity index (χ1v) is 9.16. The minimum atomic E-state index is -0.135. The maximum absolute atomic E-state index is 12.3. The normalized spacial score (nSPS) is 15.3. The van der Waals surface area contributed by atoms with Crippen molar-refractivity contribution in [2.24, 2.45) is 0 Å². The van der Waals surface area contributed by atoms with Crippen molar-refractivity contribution < 1.29 is 14.3 Å². The number of likely N-dealkylation sites (N-methyl/N-ethyl adjacent to an activating group) is 2. The number of nitrogens with zero attached hydrogens (tertiary/aromatic N) is 2. The van der Waals surface area contributed by atoms with Crippen molar-refractivity contribution in [1.29, 1.82) is 0 Å². The highest BCUT2D eigenvalue weighted by Crippen LogP contribution is 2.31. The zero-order chi connectivity index (χ0) is 19.1. The van der Waals surface area contributed by atoms with Crippen molar-refractivity contribution in [2.75, 3.05) is 45.2 Å². The molecular weight excluding hydrogens is 344 g/mol. The Morgan fingerprint density at radius 3 is 2.78 bits per heavy atom. The van der Waals surface area contributed by atoms with Gasteiger partial charge in [0.1, 0.15) is 18.5 Å². The van der Waals surface area contributed by atoms with Crippen LogP contribution in [-0.2, 0) is 0 Å². The number of benzene rings is 1. The molecule has 0 fully saturated rings. The van der Waals surface area contributed by atoms with E-state index in [1.807, 2.05) is 49.3 Å². The number of fused-ring (bicyclic) bond motifs is 1. The van der Waals surface area contributed by atoms with Gasteiger partial charge in [0.25, 0.3) is 5.91 Å². The second kappa shape index (κ2) is 9.23. The summed E-state index contributed by atoms with van der Waals surface area (Å²) in [5.41, 5.74) is 0.548. The first-order valence-electron chi connectivity index (χ1n) is 9.16. The number of hydrogen-bond donors (Lipinski definition) is 2. The Balaban J connectivity index is 1.44. The Labute approximate surface area is 159 Å². The van der Waals surface area contributed by atoms with E-state index in [1.165, 1.54) is 0 Å². The molecule has 3 rings (SSSR count). The lowest BCUT2D eigenvalue weighted by Gasteiger charge is -2.26. The SMILES string of the molecule is CNCCN(C)c1ccc(C(=O)NCCC2COc3ccccc3O2)cn1. The standard InChI is InChI=1S/C20H26N4O3/c1-21-11-12-24(2)19-8-7-15(13-23-19)20(25)22-10-9-16-14-26-17-5-3-4-6-18(17)27-16/h3-8,13,16,21H,9-12,14H2,1-2H3,(H,22,25). The van der Waals surface area contributed by atoms with E-state index in [0.29, 0.717) is 25.1 Å². The van der Waals surface area contributed by atoms with Crippen LogP contribution in [0.25, 0.3) is 0 Å². The number of amides is 1. The fourth-order valence-corrected chi connectivity index (χ4v) is 2.79. The molecule has 0 spiro atoms. The van der Waals surface area contributed by atoms with Crippen LogP contribution in [0.1, 0.15) is 16.8 Å². The average Bonchev–Trinajstić information content (AvgIpc) is 2.72. The second-order valence-corrected chi connectivity index (χ2v) is 6.47. The van der Waals surface area contributed by atoms with E-state index in [0.717, 1.165) is 30.4 Å². The third-order valence-electron chi connectivity index (χ3n) is 4.42. The highest BCUT2D eigenvalue weighted by molar-refractivity contribution is 5.94. The Bertz CT molecular complexity index is 751. The van der Waals surface area contributed by atoms with Crippen molar-refractivity contribution in [3.8, 4) is 11.5 Å². The van der Waals surface area contributed by atoms with E-state index < -0.39 is 0 Å². The van der Waals surface area contributed by atoms with E-state index in [2.05, 4.69) is 15.6 Å². The maximum atomic E-state index is 12.3. The molecule has 1 unspecified atom stereocenters. The number of ether oxygens (including phenoxy) is 2. The van der Waals surface area contributed by atoms with Crippen LogP contribution < -0.4 is 25.0 Å². The summed E-state index contributed by atoms with van der Waals surface area (Å²) in [7, 11) is 3.89. The van der Waals surface area contributed by atoms with Gasteiger partial charge in [-0.2, -0.15) is 0 Å². The molecule has 7 nitrogen and oxygen atoms in total. The Kier molecular flexibility index (Phi) is 6.49. The Morgan fingerprint density at radius 2 is 2.04 bits per heavy atom. The molecule has 0 saturated heterocycles. The van der Waals surface area contributed by atoms with Gasteiger partial charge in [-0.1, -0.05) is 12.1 Å². The lowest BCUT2D eigenvalue weighted by molar-refractivity contribution is 0.0812. The molecule has 1 aromatic carbocycles. The molecule has 1 atom stereocenters. The molecule has 7 heteroatoms. The topological polar surface area (TPSA) is 75.7 Å². The highest BCUT2D eigenvalue weighted by Gasteiger charge is 2.20. The van der Waals surface area contributed by atoms with Gasteiger partial charge < -0.3 is 25.0 Å². The average molecular weight is 370 g/mol. The van der Waals surface area contributed by atoms with Gasteiger partial charge in [-0.3, -0.25) is 4.79 Å². The van der Waals surface area contributed by atoms with Crippen LogP contribution in [0.2, 0.25) is 0 Å². The van der Waals surface area contributed by atoms with Crippen LogP contribution in [0.5, 0.6) is 11.5 Å². The first kappa shape index (κ1) is 19.0. The number of carbonyl (C=O) groups excluding carboxylic acids is 1. The highest BCUT2D eigenvalue weighted by atomic mass is 16.6. The number of aromatic nitrogens is 1. The molecule has 1 aromatic heterocycles. The van der Waals surface area contributed by atoms with Gasteiger partial charge in [0.2, 0.25) is 0 Å². The molecule has 1 amide bonds. The van der Waals surface area contributed by atoms with Gasteiger partial charge in [-0.05, 0) is 31.3 Å². The second-order valence-electron chi connectivity index (χ2n) is 6.47. The van der Waals surface area contributed by atoms with Crippen molar-refractivity contribution in [1.82, 2.24) is 15.6 Å². The number of hydrogen-bond acceptors (Lipinski definition) is 6. The zero-order valence-corrected chi connectivity index (χ0v) is 15.8. The minimum Gasteiger partial charge on any atom is -0.486 e. The fraction of sp³-hybridized carbons (Fsp3) is 0.400. The summed E-state index contributed by atoms with van der Waals surface area (Å²) in [6.07, 6.45) is 2.22. The van der Waals surface area contributed by atoms with E-state index in [-0.39, 0.29) is 12.0 Å². The number of pyridine rings is 1. The summed E-state index contributed by atoms with van der Waals surface area (Å²) >= 11 is 0. The van der Waals surface area contributed by atoms with Gasteiger partial charge in [0.15, 0.2) is 11.5 Å². The third kappa shape index (κ3) is 5.10. The summed E-state index contributed by atoms with van der Waals surface area (Å²) in [6, 6.07) is 11.3. The molecule has 27 heavy (non-hydrogen) atoms. The monoisotopic (exact) mass is 370 g/mol. The largest absolute Gasteiger partial charge is 0.486 e. The van der Waals surface area contributed by atoms with E-state index in [1.54, 1.807) is 12.3 Å². The number of anilines is 1. The van der Waals surface area contributed by atoms with Crippen LogP contribution in [0.15, 0.2) is 42.6 Å². The summed E-state index contributed by atoms with van der Waals surface area (Å²) in [4.78, 5) is 18.7. The lowest BCUT2D eigenvalue weighted by Crippen LogP contribution is -2.34. The smallest absolute Gasteiger partial charge is 0.252 e. The van der Waals surface area contributed by atoms with Crippen molar-refractivity contribution in [3.63, 3.8) is 0 Å². The summed E-state index contributed by atoms with van der Waals surface area (Å²) < 4.78 is 11.6. The minimum absolute atomic E-state index is 0.0680. The molecule has 0 saturated carbocycles. The Hall–Kier alpha value is -2.80. The summed E-state index contributed by atoms with van der Waals surface area (Å²) in [6.45, 7) is 2.72. The molecular formula is C20H26N4O3. The molecule has 0 radical (unpaired) electrons. The maximum Gasteiger partial charge on any atom is 0.252 e.